The van der Waals surface area contributed by atoms with Gasteiger partial charge in [0.1, 0.15) is 5.82 Å². The number of nitrogens with zero attached hydrogens (tertiary/aromatic N) is 3. The highest BCUT2D eigenvalue weighted by atomic mass is 16.1. The normalized spacial score (nSPS) is 11.1. The highest BCUT2D eigenvalue weighted by Gasteiger charge is 2.10. The lowest BCUT2D eigenvalue weighted by atomic mass is 10.2. The molecule has 3 rings (SSSR count). The summed E-state index contributed by atoms with van der Waals surface area (Å²) < 4.78 is 1.84. The van der Waals surface area contributed by atoms with Crippen molar-refractivity contribution in [2.45, 2.75) is 26.3 Å². The van der Waals surface area contributed by atoms with Gasteiger partial charge in [0.25, 0.3) is 5.56 Å². The Balaban J connectivity index is 2.03. The quantitative estimate of drug-likeness (QED) is 0.788. The maximum Gasteiger partial charge on any atom is 0.277 e. The van der Waals surface area contributed by atoms with Crippen molar-refractivity contribution in [1.29, 1.82) is 0 Å². The molecule has 0 spiro atoms. The van der Waals surface area contributed by atoms with Gasteiger partial charge in [-0.2, -0.15) is 0 Å². The van der Waals surface area contributed by atoms with Crippen molar-refractivity contribution in [1.82, 2.24) is 19.5 Å². The Hall–Kier alpha value is -2.43. The number of fused-ring (bicyclic) bond motifs is 1. The smallest absolute Gasteiger partial charge is 0.277 e. The number of aromatic amines is 1. The van der Waals surface area contributed by atoms with Crippen LogP contribution in [-0.2, 0) is 13.0 Å². The second kappa shape index (κ2) is 5.28. The lowest BCUT2D eigenvalue weighted by molar-refractivity contribution is 0.809. The number of hydrogen-bond acceptors (Lipinski definition) is 3. The monoisotopic (exact) mass is 268 g/mol. The van der Waals surface area contributed by atoms with Crippen LogP contribution in [0.25, 0.3) is 11.2 Å². The highest BCUT2D eigenvalue weighted by Crippen LogP contribution is 2.09. The highest BCUT2D eigenvalue weighted by molar-refractivity contribution is 5.69. The van der Waals surface area contributed by atoms with Crippen molar-refractivity contribution in [3.63, 3.8) is 0 Å². The number of imidazole rings is 1. The number of aryl methyl sites for hydroxylation is 1. The molecule has 20 heavy (non-hydrogen) atoms. The van der Waals surface area contributed by atoms with Crippen LogP contribution < -0.4 is 5.56 Å². The molecule has 0 amide bonds. The van der Waals surface area contributed by atoms with E-state index >= 15 is 0 Å². The van der Waals surface area contributed by atoms with E-state index in [2.05, 4.69) is 21.9 Å². The van der Waals surface area contributed by atoms with Gasteiger partial charge in [0.2, 0.25) is 0 Å². The maximum absolute atomic E-state index is 12.2. The van der Waals surface area contributed by atoms with Crippen LogP contribution >= 0.6 is 0 Å². The fourth-order valence-corrected chi connectivity index (χ4v) is 2.29. The Labute approximate surface area is 116 Å². The summed E-state index contributed by atoms with van der Waals surface area (Å²) in [4.78, 5) is 23.7. The predicted octanol–water partition coefficient (Wildman–Crippen LogP) is 2.12. The Morgan fingerprint density at radius 1 is 1.25 bits per heavy atom. The molecule has 0 saturated heterocycles. The molecule has 2 heterocycles. The fourth-order valence-electron chi connectivity index (χ4n) is 2.29. The summed E-state index contributed by atoms with van der Waals surface area (Å²) >= 11 is 0. The van der Waals surface area contributed by atoms with E-state index in [9.17, 15) is 4.79 Å². The molecule has 1 N–H and O–H groups in total. The Morgan fingerprint density at radius 3 is 2.80 bits per heavy atom. The van der Waals surface area contributed by atoms with Crippen molar-refractivity contribution < 1.29 is 0 Å². The topological polar surface area (TPSA) is 63.6 Å². The minimum atomic E-state index is -0.119. The third-order valence-electron chi connectivity index (χ3n) is 3.21. The van der Waals surface area contributed by atoms with E-state index in [0.717, 1.165) is 18.4 Å². The number of benzene rings is 1. The molecule has 0 aliphatic carbocycles. The Kier molecular flexibility index (Phi) is 3.33. The standard InChI is InChI=1S/C15H16N4O/c1-2-6-12-17-14-13(15(20)18-12)19(10-16-14)9-11-7-4-3-5-8-11/h3-5,7-8,10H,2,6,9H2,1H3,(H,17,18,20). The molecule has 0 fully saturated rings. The molecule has 5 heteroatoms. The first-order chi connectivity index (χ1) is 9.78. The summed E-state index contributed by atoms with van der Waals surface area (Å²) in [5.74, 6) is 0.704. The van der Waals surface area contributed by atoms with E-state index in [1.165, 1.54) is 0 Å². The van der Waals surface area contributed by atoms with Gasteiger partial charge in [-0.05, 0) is 12.0 Å². The first kappa shape index (κ1) is 12.6. The molecule has 3 aromatic rings. The first-order valence-corrected chi connectivity index (χ1v) is 6.76. The van der Waals surface area contributed by atoms with E-state index in [-0.39, 0.29) is 5.56 Å². The Bertz CT molecular complexity index is 773. The van der Waals surface area contributed by atoms with Gasteiger partial charge in [-0.1, -0.05) is 37.3 Å². The zero-order valence-corrected chi connectivity index (χ0v) is 11.3. The van der Waals surface area contributed by atoms with E-state index < -0.39 is 0 Å². The average molecular weight is 268 g/mol. The predicted molar refractivity (Wildman–Crippen MR) is 77.7 cm³/mol. The van der Waals surface area contributed by atoms with Crippen molar-refractivity contribution >= 4 is 11.2 Å². The summed E-state index contributed by atoms with van der Waals surface area (Å²) in [5.41, 5.74) is 2.07. The Morgan fingerprint density at radius 2 is 2.05 bits per heavy atom. The van der Waals surface area contributed by atoms with Crippen LogP contribution in [0.2, 0.25) is 0 Å². The molecule has 0 radical (unpaired) electrons. The molecule has 0 bridgehead atoms. The van der Waals surface area contributed by atoms with Gasteiger partial charge in [0.05, 0.1) is 6.33 Å². The average Bonchev–Trinajstić information content (AvgIpc) is 2.84. The van der Waals surface area contributed by atoms with E-state index in [0.29, 0.717) is 23.5 Å². The fraction of sp³-hybridized carbons (Fsp3) is 0.267. The van der Waals surface area contributed by atoms with Crippen LogP contribution in [0, 0.1) is 0 Å². The molecule has 0 aliphatic heterocycles. The summed E-state index contributed by atoms with van der Waals surface area (Å²) in [7, 11) is 0. The molecule has 0 unspecified atom stereocenters. The number of hydrogen-bond donors (Lipinski definition) is 1. The summed E-state index contributed by atoms with van der Waals surface area (Å²) in [6.45, 7) is 2.67. The SMILES string of the molecule is CCCc1nc2ncn(Cc3ccccc3)c2c(=O)[nH]1. The number of aromatic nitrogens is 4. The van der Waals surface area contributed by atoms with Crippen molar-refractivity contribution in [3.05, 3.63) is 58.4 Å². The van der Waals surface area contributed by atoms with Gasteiger partial charge in [-0.15, -0.1) is 0 Å². The van der Waals surface area contributed by atoms with Gasteiger partial charge in [0.15, 0.2) is 11.2 Å². The van der Waals surface area contributed by atoms with E-state index in [1.54, 1.807) is 6.33 Å². The zero-order chi connectivity index (χ0) is 13.9. The van der Waals surface area contributed by atoms with E-state index in [1.807, 2.05) is 34.9 Å². The summed E-state index contributed by atoms with van der Waals surface area (Å²) in [6.07, 6.45) is 3.38. The van der Waals surface area contributed by atoms with E-state index in [4.69, 9.17) is 0 Å². The molecule has 102 valence electrons. The number of rotatable bonds is 4. The minimum absolute atomic E-state index is 0.119. The molecular formula is C15H16N4O. The first-order valence-electron chi connectivity index (χ1n) is 6.76. The van der Waals surface area contributed by atoms with Crippen molar-refractivity contribution in [2.75, 3.05) is 0 Å². The third kappa shape index (κ3) is 2.34. The van der Waals surface area contributed by atoms with Crippen LogP contribution in [0.4, 0.5) is 0 Å². The zero-order valence-electron chi connectivity index (χ0n) is 11.3. The second-order valence-corrected chi connectivity index (χ2v) is 4.79. The lowest BCUT2D eigenvalue weighted by Crippen LogP contribution is -2.15. The third-order valence-corrected chi connectivity index (χ3v) is 3.21. The molecule has 0 atom stereocenters. The molecule has 5 nitrogen and oxygen atoms in total. The van der Waals surface area contributed by atoms with Crippen LogP contribution in [-0.4, -0.2) is 19.5 Å². The van der Waals surface area contributed by atoms with Gasteiger partial charge >= 0.3 is 0 Å². The molecular weight excluding hydrogens is 252 g/mol. The summed E-state index contributed by atoms with van der Waals surface area (Å²) in [5, 5.41) is 0. The molecule has 1 aromatic carbocycles. The number of nitrogens with one attached hydrogen (secondary N) is 1. The number of H-pyrrole nitrogens is 1. The maximum atomic E-state index is 12.2. The van der Waals surface area contributed by atoms with Gasteiger partial charge in [0, 0.05) is 13.0 Å². The molecule has 2 aromatic heterocycles. The van der Waals surface area contributed by atoms with Gasteiger partial charge in [-0.25, -0.2) is 9.97 Å². The minimum Gasteiger partial charge on any atom is -0.320 e. The second-order valence-electron chi connectivity index (χ2n) is 4.79. The van der Waals surface area contributed by atoms with Gasteiger partial charge < -0.3 is 9.55 Å². The van der Waals surface area contributed by atoms with Gasteiger partial charge in [-0.3, -0.25) is 4.79 Å². The van der Waals surface area contributed by atoms with Crippen LogP contribution in [0.5, 0.6) is 0 Å². The van der Waals surface area contributed by atoms with Crippen molar-refractivity contribution in [3.8, 4) is 0 Å². The van der Waals surface area contributed by atoms with Crippen LogP contribution in [0.15, 0.2) is 41.5 Å². The van der Waals surface area contributed by atoms with Crippen LogP contribution in [0.3, 0.4) is 0 Å². The lowest BCUT2D eigenvalue weighted by Gasteiger charge is -2.04. The van der Waals surface area contributed by atoms with Crippen molar-refractivity contribution in [2.24, 2.45) is 0 Å². The molecule has 0 aliphatic rings. The summed E-state index contributed by atoms with van der Waals surface area (Å²) in [6, 6.07) is 9.99. The largest absolute Gasteiger partial charge is 0.320 e. The van der Waals surface area contributed by atoms with Crippen LogP contribution in [0.1, 0.15) is 24.7 Å². The molecule has 0 saturated carbocycles.